The Balaban J connectivity index is 1.47. The lowest BCUT2D eigenvalue weighted by Crippen LogP contribution is -2.52. The highest BCUT2D eigenvalue weighted by Gasteiger charge is 2.44. The monoisotopic (exact) mass is 365 g/mol. The quantitative estimate of drug-likeness (QED) is 0.777. The molecule has 0 aromatic heterocycles. The predicted molar refractivity (Wildman–Crippen MR) is 104 cm³/mol. The molecule has 4 rings (SSSR count). The summed E-state index contributed by atoms with van der Waals surface area (Å²) in [5, 5.41) is 0. The van der Waals surface area contributed by atoms with E-state index < -0.39 is 0 Å². The van der Waals surface area contributed by atoms with Gasteiger partial charge in [-0.2, -0.15) is 0 Å². The number of methoxy groups -OCH3 is 1. The van der Waals surface area contributed by atoms with Gasteiger partial charge in [-0.15, -0.1) is 0 Å². The highest BCUT2D eigenvalue weighted by molar-refractivity contribution is 6.23. The van der Waals surface area contributed by atoms with Gasteiger partial charge in [0.15, 0.2) is 0 Å². The Morgan fingerprint density at radius 3 is 2.26 bits per heavy atom. The van der Waals surface area contributed by atoms with Crippen molar-refractivity contribution in [3.63, 3.8) is 0 Å². The van der Waals surface area contributed by atoms with E-state index in [0.717, 1.165) is 26.2 Å². The van der Waals surface area contributed by atoms with Crippen LogP contribution in [0.15, 0.2) is 54.6 Å². The summed E-state index contributed by atoms with van der Waals surface area (Å²) in [4.78, 5) is 31.4. The lowest BCUT2D eigenvalue weighted by molar-refractivity contribution is -0.123. The third-order valence-corrected chi connectivity index (χ3v) is 5.33. The maximum Gasteiger partial charge on any atom is 0.251 e. The summed E-state index contributed by atoms with van der Waals surface area (Å²) in [5.41, 5.74) is 1.72. The Hall–Kier alpha value is -2.86. The smallest absolute Gasteiger partial charge is 0.251 e. The number of hydrogen-bond acceptors (Lipinski definition) is 5. The molecule has 140 valence electrons. The van der Waals surface area contributed by atoms with Crippen LogP contribution in [0.1, 0.15) is 6.42 Å². The van der Waals surface area contributed by atoms with Gasteiger partial charge in [0.1, 0.15) is 5.75 Å². The summed E-state index contributed by atoms with van der Waals surface area (Å²) in [7, 11) is 1.55. The number of para-hydroxylation sites is 3. The first-order valence-electron chi connectivity index (χ1n) is 9.23. The molecule has 0 radical (unpaired) electrons. The van der Waals surface area contributed by atoms with Gasteiger partial charge in [-0.3, -0.25) is 14.5 Å². The zero-order valence-electron chi connectivity index (χ0n) is 15.4. The second-order valence-corrected chi connectivity index (χ2v) is 6.82. The van der Waals surface area contributed by atoms with E-state index in [0.29, 0.717) is 11.4 Å². The van der Waals surface area contributed by atoms with Gasteiger partial charge in [0, 0.05) is 31.9 Å². The summed E-state index contributed by atoms with van der Waals surface area (Å²) in [6, 6.07) is 17.0. The van der Waals surface area contributed by atoms with Crippen LogP contribution in [0, 0.1) is 0 Å². The second-order valence-electron chi connectivity index (χ2n) is 6.82. The standard InChI is InChI=1S/C21H23N3O3/c1-27-19-10-6-5-9-17(19)24-20(25)15-18(21(24)26)23-13-11-22(12-14-23)16-7-3-2-4-8-16/h2-10,18H,11-15H2,1H3/t18-/m0/s1. The van der Waals surface area contributed by atoms with Crippen molar-refractivity contribution in [2.45, 2.75) is 12.5 Å². The Morgan fingerprint density at radius 1 is 0.889 bits per heavy atom. The first-order valence-corrected chi connectivity index (χ1v) is 9.23. The van der Waals surface area contributed by atoms with Crippen molar-refractivity contribution in [1.29, 1.82) is 0 Å². The van der Waals surface area contributed by atoms with Gasteiger partial charge in [-0.25, -0.2) is 4.90 Å². The molecule has 0 unspecified atom stereocenters. The molecule has 0 aliphatic carbocycles. The van der Waals surface area contributed by atoms with Gasteiger partial charge in [-0.05, 0) is 24.3 Å². The van der Waals surface area contributed by atoms with Crippen molar-refractivity contribution in [1.82, 2.24) is 4.90 Å². The predicted octanol–water partition coefficient (Wildman–Crippen LogP) is 2.15. The van der Waals surface area contributed by atoms with E-state index in [1.807, 2.05) is 30.3 Å². The number of ether oxygens (including phenoxy) is 1. The molecule has 6 heteroatoms. The largest absolute Gasteiger partial charge is 0.495 e. The lowest BCUT2D eigenvalue weighted by Gasteiger charge is -2.38. The molecule has 27 heavy (non-hydrogen) atoms. The maximum atomic E-state index is 13.0. The number of anilines is 2. The summed E-state index contributed by atoms with van der Waals surface area (Å²) >= 11 is 0. The van der Waals surface area contributed by atoms with Gasteiger partial charge < -0.3 is 9.64 Å². The van der Waals surface area contributed by atoms with Crippen LogP contribution >= 0.6 is 0 Å². The number of piperazine rings is 1. The number of rotatable bonds is 4. The van der Waals surface area contributed by atoms with Crippen LogP contribution in [-0.2, 0) is 9.59 Å². The number of amides is 2. The number of nitrogens with zero attached hydrogens (tertiary/aromatic N) is 3. The molecule has 0 bridgehead atoms. The molecular formula is C21H23N3O3. The van der Waals surface area contributed by atoms with Crippen LogP contribution in [0.25, 0.3) is 0 Å². The van der Waals surface area contributed by atoms with Gasteiger partial charge in [-0.1, -0.05) is 30.3 Å². The second kappa shape index (κ2) is 7.40. The molecule has 2 aliphatic heterocycles. The number of benzene rings is 2. The fraction of sp³-hybridized carbons (Fsp3) is 0.333. The maximum absolute atomic E-state index is 13.0. The zero-order valence-corrected chi connectivity index (χ0v) is 15.4. The number of hydrogen-bond donors (Lipinski definition) is 0. The Labute approximate surface area is 158 Å². The summed E-state index contributed by atoms with van der Waals surface area (Å²) in [6.07, 6.45) is 0.224. The van der Waals surface area contributed by atoms with Crippen LogP contribution in [-0.4, -0.2) is 56.0 Å². The van der Waals surface area contributed by atoms with Crippen molar-refractivity contribution >= 4 is 23.2 Å². The third-order valence-electron chi connectivity index (χ3n) is 5.33. The third kappa shape index (κ3) is 3.28. The van der Waals surface area contributed by atoms with Gasteiger partial charge in [0.05, 0.1) is 25.3 Å². The van der Waals surface area contributed by atoms with Crippen molar-refractivity contribution in [2.24, 2.45) is 0 Å². The highest BCUT2D eigenvalue weighted by atomic mass is 16.5. The minimum Gasteiger partial charge on any atom is -0.495 e. The Bertz CT molecular complexity index is 832. The van der Waals surface area contributed by atoms with E-state index >= 15 is 0 Å². The zero-order chi connectivity index (χ0) is 18.8. The van der Waals surface area contributed by atoms with E-state index in [1.165, 1.54) is 10.6 Å². The van der Waals surface area contributed by atoms with Crippen LogP contribution in [0.2, 0.25) is 0 Å². The molecule has 0 saturated carbocycles. The molecule has 0 N–H and O–H groups in total. The van der Waals surface area contributed by atoms with E-state index in [-0.39, 0.29) is 24.3 Å². The van der Waals surface area contributed by atoms with E-state index in [2.05, 4.69) is 21.9 Å². The van der Waals surface area contributed by atoms with Crippen molar-refractivity contribution in [3.8, 4) is 5.75 Å². The first kappa shape index (κ1) is 17.5. The summed E-state index contributed by atoms with van der Waals surface area (Å²) < 4.78 is 5.33. The summed E-state index contributed by atoms with van der Waals surface area (Å²) in [6.45, 7) is 3.21. The molecule has 1 atom stereocenters. The highest BCUT2D eigenvalue weighted by Crippen LogP contribution is 2.33. The number of carbonyl (C=O) groups excluding carboxylic acids is 2. The number of carbonyl (C=O) groups is 2. The average Bonchev–Trinajstić information content (AvgIpc) is 3.02. The van der Waals surface area contributed by atoms with Crippen LogP contribution in [0.5, 0.6) is 5.75 Å². The summed E-state index contributed by atoms with van der Waals surface area (Å²) in [5.74, 6) is 0.214. The van der Waals surface area contributed by atoms with Crippen molar-refractivity contribution in [3.05, 3.63) is 54.6 Å². The fourth-order valence-electron chi connectivity index (χ4n) is 3.90. The fourth-order valence-corrected chi connectivity index (χ4v) is 3.90. The SMILES string of the molecule is COc1ccccc1N1C(=O)C[C@H](N2CCN(c3ccccc3)CC2)C1=O. The van der Waals surface area contributed by atoms with Crippen molar-refractivity contribution < 1.29 is 14.3 Å². The van der Waals surface area contributed by atoms with Crippen molar-refractivity contribution in [2.75, 3.05) is 43.1 Å². The lowest BCUT2D eigenvalue weighted by atomic mass is 10.1. The number of imide groups is 1. The molecule has 6 nitrogen and oxygen atoms in total. The molecular weight excluding hydrogens is 342 g/mol. The van der Waals surface area contributed by atoms with E-state index in [9.17, 15) is 9.59 Å². The Kier molecular flexibility index (Phi) is 4.81. The van der Waals surface area contributed by atoms with Gasteiger partial charge >= 0.3 is 0 Å². The van der Waals surface area contributed by atoms with Crippen LogP contribution in [0.3, 0.4) is 0 Å². The molecule has 2 aliphatic rings. The molecule has 2 fully saturated rings. The molecule has 2 aromatic carbocycles. The Morgan fingerprint density at radius 2 is 1.56 bits per heavy atom. The van der Waals surface area contributed by atoms with Gasteiger partial charge in [0.2, 0.25) is 5.91 Å². The molecule has 0 spiro atoms. The molecule has 2 saturated heterocycles. The first-order chi connectivity index (χ1) is 13.2. The van der Waals surface area contributed by atoms with E-state index in [4.69, 9.17) is 4.74 Å². The normalized spacial score (nSPS) is 21.0. The molecule has 2 heterocycles. The molecule has 2 amide bonds. The minimum atomic E-state index is -0.389. The van der Waals surface area contributed by atoms with Crippen LogP contribution < -0.4 is 14.5 Å². The topological polar surface area (TPSA) is 53.1 Å². The molecule has 2 aromatic rings. The average molecular weight is 365 g/mol. The van der Waals surface area contributed by atoms with Gasteiger partial charge in [0.25, 0.3) is 5.91 Å². The minimum absolute atomic E-state index is 0.155. The van der Waals surface area contributed by atoms with E-state index in [1.54, 1.807) is 19.2 Å². The van der Waals surface area contributed by atoms with Crippen LogP contribution in [0.4, 0.5) is 11.4 Å².